The van der Waals surface area contributed by atoms with E-state index in [0.717, 1.165) is 62.4 Å². The van der Waals surface area contributed by atoms with Crippen LogP contribution in [-0.2, 0) is 24.8 Å². The second kappa shape index (κ2) is 6.57. The SMILES string of the molecule is Cn1cc(-c2ncc3c(c2C(=O)O)CCN(C[C@H]2CCOC2)C3)cn1. The Balaban J connectivity index is 1.64. The molecule has 4 rings (SSSR count). The van der Waals surface area contributed by atoms with Crippen LogP contribution in [0.15, 0.2) is 18.6 Å². The number of aromatic nitrogens is 3. The number of hydrogen-bond donors (Lipinski definition) is 1. The van der Waals surface area contributed by atoms with Crippen molar-refractivity contribution in [3.8, 4) is 11.3 Å². The van der Waals surface area contributed by atoms with Crippen LogP contribution in [0.1, 0.15) is 27.9 Å². The lowest BCUT2D eigenvalue weighted by Gasteiger charge is -2.31. The summed E-state index contributed by atoms with van der Waals surface area (Å²) in [5.41, 5.74) is 3.52. The molecule has 2 aliphatic heterocycles. The number of aromatic carboxylic acids is 1. The molecule has 0 saturated carbocycles. The van der Waals surface area contributed by atoms with Crippen LogP contribution in [0.25, 0.3) is 11.3 Å². The smallest absolute Gasteiger partial charge is 0.338 e. The predicted octanol–water partition coefficient (Wildman–Crippen LogP) is 1.57. The van der Waals surface area contributed by atoms with Gasteiger partial charge in [0.15, 0.2) is 0 Å². The number of carboxylic acids is 1. The molecule has 7 heteroatoms. The van der Waals surface area contributed by atoms with E-state index in [-0.39, 0.29) is 0 Å². The van der Waals surface area contributed by atoms with Crippen LogP contribution < -0.4 is 0 Å². The molecular formula is C18H22N4O3. The minimum Gasteiger partial charge on any atom is -0.478 e. The monoisotopic (exact) mass is 342 g/mol. The Labute approximate surface area is 146 Å². The molecule has 2 aromatic heterocycles. The molecule has 25 heavy (non-hydrogen) atoms. The highest BCUT2D eigenvalue weighted by Gasteiger charge is 2.28. The fourth-order valence-corrected chi connectivity index (χ4v) is 3.84. The van der Waals surface area contributed by atoms with E-state index in [2.05, 4.69) is 15.0 Å². The van der Waals surface area contributed by atoms with Crippen molar-refractivity contribution in [2.45, 2.75) is 19.4 Å². The van der Waals surface area contributed by atoms with E-state index < -0.39 is 5.97 Å². The van der Waals surface area contributed by atoms with Crippen LogP contribution in [0.2, 0.25) is 0 Å². The standard InChI is InChI=1S/C18H22N4O3/c1-21-9-14(7-20-21)17-16(18(23)24)15-2-4-22(10-13(15)6-19-17)8-12-3-5-25-11-12/h6-7,9,12H,2-5,8,10-11H2,1H3,(H,23,24)/t12-/m1/s1. The number of aryl methyl sites for hydroxylation is 1. The first kappa shape index (κ1) is 16.2. The van der Waals surface area contributed by atoms with Gasteiger partial charge in [-0.15, -0.1) is 0 Å². The van der Waals surface area contributed by atoms with E-state index in [0.29, 0.717) is 17.2 Å². The molecular weight excluding hydrogens is 320 g/mol. The zero-order valence-corrected chi connectivity index (χ0v) is 14.3. The normalized spacial score (nSPS) is 20.6. The fourth-order valence-electron chi connectivity index (χ4n) is 3.84. The maximum Gasteiger partial charge on any atom is 0.338 e. The molecule has 1 fully saturated rings. The fraction of sp³-hybridized carbons (Fsp3) is 0.500. The van der Waals surface area contributed by atoms with Crippen molar-refractivity contribution in [1.29, 1.82) is 0 Å². The Hall–Kier alpha value is -2.25. The molecule has 0 spiro atoms. The molecule has 2 aromatic rings. The Morgan fingerprint density at radius 1 is 1.44 bits per heavy atom. The van der Waals surface area contributed by atoms with Crippen LogP contribution in [0, 0.1) is 5.92 Å². The minimum absolute atomic E-state index is 0.328. The van der Waals surface area contributed by atoms with Crippen LogP contribution >= 0.6 is 0 Å². The number of fused-ring (bicyclic) bond motifs is 1. The van der Waals surface area contributed by atoms with Crippen molar-refractivity contribution in [2.75, 3.05) is 26.3 Å². The van der Waals surface area contributed by atoms with Gasteiger partial charge in [0.2, 0.25) is 0 Å². The molecule has 0 radical (unpaired) electrons. The van der Waals surface area contributed by atoms with E-state index >= 15 is 0 Å². The molecule has 1 atom stereocenters. The quantitative estimate of drug-likeness (QED) is 0.908. The third kappa shape index (κ3) is 3.17. The highest BCUT2D eigenvalue weighted by Crippen LogP contribution is 2.30. The van der Waals surface area contributed by atoms with Gasteiger partial charge in [-0.1, -0.05) is 0 Å². The van der Waals surface area contributed by atoms with Gasteiger partial charge in [-0.3, -0.25) is 14.6 Å². The summed E-state index contributed by atoms with van der Waals surface area (Å²) < 4.78 is 7.12. The summed E-state index contributed by atoms with van der Waals surface area (Å²) in [7, 11) is 1.81. The van der Waals surface area contributed by atoms with E-state index in [1.165, 1.54) is 0 Å². The molecule has 1 saturated heterocycles. The van der Waals surface area contributed by atoms with Gasteiger partial charge < -0.3 is 9.84 Å². The van der Waals surface area contributed by atoms with Gasteiger partial charge in [-0.05, 0) is 29.9 Å². The second-order valence-electron chi connectivity index (χ2n) is 6.91. The topological polar surface area (TPSA) is 80.5 Å². The molecule has 0 amide bonds. The minimum atomic E-state index is -0.916. The van der Waals surface area contributed by atoms with Gasteiger partial charge >= 0.3 is 5.97 Å². The first-order chi connectivity index (χ1) is 12.1. The molecule has 0 aliphatic carbocycles. The van der Waals surface area contributed by atoms with Gasteiger partial charge in [0.1, 0.15) is 0 Å². The average molecular weight is 342 g/mol. The third-order valence-corrected chi connectivity index (χ3v) is 5.08. The van der Waals surface area contributed by atoms with Gasteiger partial charge in [0.25, 0.3) is 0 Å². The number of pyridine rings is 1. The molecule has 132 valence electrons. The van der Waals surface area contributed by atoms with Crippen LogP contribution in [0.5, 0.6) is 0 Å². The number of ether oxygens (including phenoxy) is 1. The zero-order valence-electron chi connectivity index (χ0n) is 14.3. The summed E-state index contributed by atoms with van der Waals surface area (Å²) in [4.78, 5) is 18.8. The van der Waals surface area contributed by atoms with Crippen molar-refractivity contribution in [3.63, 3.8) is 0 Å². The summed E-state index contributed by atoms with van der Waals surface area (Å²) in [6.07, 6.45) is 7.15. The van der Waals surface area contributed by atoms with Crippen molar-refractivity contribution in [3.05, 3.63) is 35.3 Å². The molecule has 4 heterocycles. The average Bonchev–Trinajstić information content (AvgIpc) is 3.25. The lowest BCUT2D eigenvalue weighted by molar-refractivity contribution is 0.0695. The predicted molar refractivity (Wildman–Crippen MR) is 91.3 cm³/mol. The van der Waals surface area contributed by atoms with E-state index in [4.69, 9.17) is 4.74 Å². The molecule has 1 N–H and O–H groups in total. The number of nitrogens with zero attached hydrogens (tertiary/aromatic N) is 4. The summed E-state index contributed by atoms with van der Waals surface area (Å²) >= 11 is 0. The van der Waals surface area contributed by atoms with Gasteiger partial charge in [-0.25, -0.2) is 4.79 Å². The first-order valence-electron chi connectivity index (χ1n) is 8.65. The second-order valence-corrected chi connectivity index (χ2v) is 6.91. The Kier molecular flexibility index (Phi) is 4.27. The lowest BCUT2D eigenvalue weighted by Crippen LogP contribution is -2.35. The van der Waals surface area contributed by atoms with E-state index in [1.807, 2.05) is 13.2 Å². The van der Waals surface area contributed by atoms with Crippen molar-refractivity contribution < 1.29 is 14.6 Å². The van der Waals surface area contributed by atoms with Crippen molar-refractivity contribution >= 4 is 5.97 Å². The molecule has 7 nitrogen and oxygen atoms in total. The summed E-state index contributed by atoms with van der Waals surface area (Å²) in [5.74, 6) is -0.330. The molecule has 0 bridgehead atoms. The third-order valence-electron chi connectivity index (χ3n) is 5.08. The van der Waals surface area contributed by atoms with Gasteiger partial charge in [-0.2, -0.15) is 5.10 Å². The van der Waals surface area contributed by atoms with Crippen LogP contribution in [0.4, 0.5) is 0 Å². The first-order valence-corrected chi connectivity index (χ1v) is 8.65. The largest absolute Gasteiger partial charge is 0.478 e. The Bertz CT molecular complexity index is 796. The van der Waals surface area contributed by atoms with Crippen LogP contribution in [-0.4, -0.2) is 57.0 Å². The summed E-state index contributed by atoms with van der Waals surface area (Å²) in [6, 6.07) is 0. The van der Waals surface area contributed by atoms with Crippen molar-refractivity contribution in [2.24, 2.45) is 13.0 Å². The maximum atomic E-state index is 11.9. The van der Waals surface area contributed by atoms with Crippen LogP contribution in [0.3, 0.4) is 0 Å². The zero-order chi connectivity index (χ0) is 17.4. The summed E-state index contributed by atoms with van der Waals surface area (Å²) in [5, 5.41) is 13.9. The lowest BCUT2D eigenvalue weighted by atomic mass is 9.92. The highest BCUT2D eigenvalue weighted by atomic mass is 16.5. The molecule has 0 unspecified atom stereocenters. The Morgan fingerprint density at radius 3 is 3.00 bits per heavy atom. The van der Waals surface area contributed by atoms with Gasteiger partial charge in [0.05, 0.1) is 24.1 Å². The number of hydrogen-bond acceptors (Lipinski definition) is 5. The number of carboxylic acid groups (broad SMARTS) is 1. The van der Waals surface area contributed by atoms with E-state index in [9.17, 15) is 9.90 Å². The van der Waals surface area contributed by atoms with Gasteiger partial charge in [0, 0.05) is 51.2 Å². The maximum absolute atomic E-state index is 11.9. The van der Waals surface area contributed by atoms with E-state index in [1.54, 1.807) is 17.1 Å². The Morgan fingerprint density at radius 2 is 2.32 bits per heavy atom. The number of carbonyl (C=O) groups is 1. The van der Waals surface area contributed by atoms with Crippen molar-refractivity contribution in [1.82, 2.24) is 19.7 Å². The molecule has 2 aliphatic rings. The number of rotatable bonds is 4. The highest BCUT2D eigenvalue weighted by molar-refractivity contribution is 5.96. The molecule has 0 aromatic carbocycles. The summed E-state index contributed by atoms with van der Waals surface area (Å²) in [6.45, 7) is 4.33.